The van der Waals surface area contributed by atoms with Crippen molar-refractivity contribution in [2.24, 2.45) is 0 Å². The number of hydrogen-bond acceptors (Lipinski definition) is 1. The van der Waals surface area contributed by atoms with Gasteiger partial charge in [-0.3, -0.25) is 4.68 Å². The van der Waals surface area contributed by atoms with Gasteiger partial charge in [0.2, 0.25) is 0 Å². The summed E-state index contributed by atoms with van der Waals surface area (Å²) in [7, 11) is 0. The fraction of sp³-hybridized carbons (Fsp3) is 0.308. The Hall–Kier alpha value is -1.28. The summed E-state index contributed by atoms with van der Waals surface area (Å²) in [5.41, 5.74) is 4.66. The zero-order valence-electron chi connectivity index (χ0n) is 9.79. The molecule has 0 unspecified atom stereocenters. The second-order valence-corrected chi connectivity index (χ2v) is 4.45. The third-order valence-electron chi connectivity index (χ3n) is 3.02. The number of rotatable bonds is 2. The minimum atomic E-state index is 0.736. The van der Waals surface area contributed by atoms with Gasteiger partial charge in [-0.05, 0) is 38.0 Å². The lowest BCUT2D eigenvalue weighted by Crippen LogP contribution is -2.04. The van der Waals surface area contributed by atoms with Gasteiger partial charge in [0, 0.05) is 10.7 Å². The van der Waals surface area contributed by atoms with Crippen molar-refractivity contribution in [1.82, 2.24) is 9.78 Å². The predicted molar refractivity (Wildman–Crippen MR) is 67.0 cm³/mol. The maximum absolute atomic E-state index is 6.13. The van der Waals surface area contributed by atoms with Crippen molar-refractivity contribution < 1.29 is 0 Å². The maximum Gasteiger partial charge on any atom is 0.0677 e. The molecule has 2 rings (SSSR count). The summed E-state index contributed by atoms with van der Waals surface area (Å²) in [4.78, 5) is 0. The summed E-state index contributed by atoms with van der Waals surface area (Å²) in [5.74, 6) is 0. The lowest BCUT2D eigenvalue weighted by Gasteiger charge is -2.06. The highest BCUT2D eigenvalue weighted by Gasteiger charge is 2.08. The van der Waals surface area contributed by atoms with Crippen molar-refractivity contribution in [3.05, 3.63) is 51.8 Å². The van der Waals surface area contributed by atoms with Gasteiger partial charge >= 0.3 is 0 Å². The molecule has 1 heterocycles. The molecule has 2 aromatic rings. The Morgan fingerprint density at radius 3 is 2.44 bits per heavy atom. The molecule has 1 aromatic carbocycles. The van der Waals surface area contributed by atoms with Gasteiger partial charge in [0.05, 0.1) is 12.2 Å². The summed E-state index contributed by atoms with van der Waals surface area (Å²) in [6, 6.07) is 7.89. The normalized spacial score (nSPS) is 10.8. The Labute approximate surface area is 101 Å². The number of aryl methyl sites for hydroxylation is 1. The van der Waals surface area contributed by atoms with E-state index in [0.717, 1.165) is 22.8 Å². The molecule has 0 amide bonds. The van der Waals surface area contributed by atoms with Crippen LogP contribution in [0.3, 0.4) is 0 Å². The summed E-state index contributed by atoms with van der Waals surface area (Å²) in [6.45, 7) is 6.96. The van der Waals surface area contributed by atoms with Gasteiger partial charge in [-0.2, -0.15) is 5.10 Å². The van der Waals surface area contributed by atoms with E-state index in [9.17, 15) is 0 Å². The van der Waals surface area contributed by atoms with E-state index in [0.29, 0.717) is 0 Å². The Kier molecular flexibility index (Phi) is 3.01. The quantitative estimate of drug-likeness (QED) is 0.778. The van der Waals surface area contributed by atoms with Crippen LogP contribution in [0.25, 0.3) is 0 Å². The smallest absolute Gasteiger partial charge is 0.0677 e. The average Bonchev–Trinajstić information content (AvgIpc) is 2.50. The minimum Gasteiger partial charge on any atom is -0.265 e. The van der Waals surface area contributed by atoms with Crippen molar-refractivity contribution in [3.8, 4) is 0 Å². The standard InChI is InChI=1S/C13H15ClN2/c1-9-10(2)15-16(11(9)3)8-12-6-4-5-7-13(12)14/h4-7H,8H2,1-3H3. The first-order valence-electron chi connectivity index (χ1n) is 5.33. The number of nitrogens with zero attached hydrogens (tertiary/aromatic N) is 2. The minimum absolute atomic E-state index is 0.736. The highest BCUT2D eigenvalue weighted by atomic mass is 35.5. The van der Waals surface area contributed by atoms with Crippen LogP contribution in [0.5, 0.6) is 0 Å². The van der Waals surface area contributed by atoms with Gasteiger partial charge in [0.1, 0.15) is 0 Å². The number of aromatic nitrogens is 2. The van der Waals surface area contributed by atoms with Crippen LogP contribution < -0.4 is 0 Å². The van der Waals surface area contributed by atoms with E-state index in [2.05, 4.69) is 18.9 Å². The molecule has 0 atom stereocenters. The van der Waals surface area contributed by atoms with E-state index >= 15 is 0 Å². The molecule has 1 aromatic heterocycles. The van der Waals surface area contributed by atoms with Crippen LogP contribution in [0.1, 0.15) is 22.5 Å². The molecule has 2 nitrogen and oxygen atoms in total. The van der Waals surface area contributed by atoms with Crippen molar-refractivity contribution >= 4 is 11.6 Å². The molecule has 0 saturated carbocycles. The summed E-state index contributed by atoms with van der Waals surface area (Å²) in [5, 5.41) is 5.30. The molecule has 0 fully saturated rings. The SMILES string of the molecule is Cc1nn(Cc2ccccc2Cl)c(C)c1C. The summed E-state index contributed by atoms with van der Waals surface area (Å²) in [6.07, 6.45) is 0. The Balaban J connectivity index is 2.34. The van der Waals surface area contributed by atoms with Gasteiger partial charge in [-0.25, -0.2) is 0 Å². The molecule has 0 aliphatic heterocycles. The first-order chi connectivity index (χ1) is 7.59. The van der Waals surface area contributed by atoms with E-state index in [1.807, 2.05) is 35.9 Å². The third kappa shape index (κ3) is 1.98. The van der Waals surface area contributed by atoms with Gasteiger partial charge in [-0.15, -0.1) is 0 Å². The van der Waals surface area contributed by atoms with Gasteiger partial charge < -0.3 is 0 Å². The molecule has 0 bridgehead atoms. The molecular formula is C13H15ClN2. The molecule has 84 valence electrons. The maximum atomic E-state index is 6.13. The largest absolute Gasteiger partial charge is 0.265 e. The molecule has 0 aliphatic rings. The molecular weight excluding hydrogens is 220 g/mol. The van der Waals surface area contributed by atoms with Crippen LogP contribution in [0.4, 0.5) is 0 Å². The first kappa shape index (κ1) is 11.2. The summed E-state index contributed by atoms with van der Waals surface area (Å²) < 4.78 is 2.01. The van der Waals surface area contributed by atoms with Crippen molar-refractivity contribution in [3.63, 3.8) is 0 Å². The van der Waals surface area contributed by atoms with E-state index in [1.165, 1.54) is 11.3 Å². The van der Waals surface area contributed by atoms with Crippen LogP contribution in [0.15, 0.2) is 24.3 Å². The lowest BCUT2D eigenvalue weighted by molar-refractivity contribution is 0.658. The second kappa shape index (κ2) is 4.30. The molecule has 0 radical (unpaired) electrons. The third-order valence-corrected chi connectivity index (χ3v) is 3.39. The molecule has 0 aliphatic carbocycles. The van der Waals surface area contributed by atoms with Gasteiger partial charge in [0.15, 0.2) is 0 Å². The van der Waals surface area contributed by atoms with E-state index < -0.39 is 0 Å². The fourth-order valence-electron chi connectivity index (χ4n) is 1.73. The monoisotopic (exact) mass is 234 g/mol. The Morgan fingerprint density at radius 1 is 1.19 bits per heavy atom. The van der Waals surface area contributed by atoms with E-state index in [4.69, 9.17) is 11.6 Å². The summed E-state index contributed by atoms with van der Waals surface area (Å²) >= 11 is 6.13. The van der Waals surface area contributed by atoms with Gasteiger partial charge in [0.25, 0.3) is 0 Å². The first-order valence-corrected chi connectivity index (χ1v) is 5.71. The predicted octanol–water partition coefficient (Wildman–Crippen LogP) is 3.51. The molecule has 3 heteroatoms. The number of benzene rings is 1. The second-order valence-electron chi connectivity index (χ2n) is 4.04. The molecule has 0 saturated heterocycles. The highest BCUT2D eigenvalue weighted by Crippen LogP contribution is 2.18. The van der Waals surface area contributed by atoms with Crippen LogP contribution in [-0.2, 0) is 6.54 Å². The van der Waals surface area contributed by atoms with Crippen LogP contribution >= 0.6 is 11.6 Å². The van der Waals surface area contributed by atoms with Crippen molar-refractivity contribution in [1.29, 1.82) is 0 Å². The van der Waals surface area contributed by atoms with E-state index in [1.54, 1.807) is 0 Å². The zero-order chi connectivity index (χ0) is 11.7. The Bertz CT molecular complexity index is 515. The zero-order valence-corrected chi connectivity index (χ0v) is 10.5. The highest BCUT2D eigenvalue weighted by molar-refractivity contribution is 6.31. The van der Waals surface area contributed by atoms with Crippen molar-refractivity contribution in [2.45, 2.75) is 27.3 Å². The molecule has 0 spiro atoms. The molecule has 0 N–H and O–H groups in total. The topological polar surface area (TPSA) is 17.8 Å². The Morgan fingerprint density at radius 2 is 1.88 bits per heavy atom. The lowest BCUT2D eigenvalue weighted by atomic mass is 10.2. The number of hydrogen-bond donors (Lipinski definition) is 0. The van der Waals surface area contributed by atoms with Gasteiger partial charge in [-0.1, -0.05) is 29.8 Å². The number of halogens is 1. The van der Waals surface area contributed by atoms with Crippen LogP contribution in [0, 0.1) is 20.8 Å². The fourth-order valence-corrected chi connectivity index (χ4v) is 1.92. The molecule has 16 heavy (non-hydrogen) atoms. The van der Waals surface area contributed by atoms with Crippen molar-refractivity contribution in [2.75, 3.05) is 0 Å². The van der Waals surface area contributed by atoms with Crippen LogP contribution in [0.2, 0.25) is 5.02 Å². The average molecular weight is 235 g/mol. The van der Waals surface area contributed by atoms with E-state index in [-0.39, 0.29) is 0 Å². The van der Waals surface area contributed by atoms with Crippen LogP contribution in [-0.4, -0.2) is 9.78 Å².